The highest BCUT2D eigenvalue weighted by atomic mass is 35.5. The molecule has 0 aromatic heterocycles. The van der Waals surface area contributed by atoms with Gasteiger partial charge in [-0.25, -0.2) is 4.79 Å². The summed E-state index contributed by atoms with van der Waals surface area (Å²) < 4.78 is 0. The Morgan fingerprint density at radius 2 is 1.93 bits per heavy atom. The van der Waals surface area contributed by atoms with Crippen LogP contribution in [0.5, 0.6) is 0 Å². The third-order valence-electron chi connectivity index (χ3n) is 7.21. The van der Waals surface area contributed by atoms with Crippen molar-refractivity contribution in [3.63, 3.8) is 0 Å². The van der Waals surface area contributed by atoms with Crippen molar-refractivity contribution in [2.24, 2.45) is 21.4 Å². The molecule has 2 saturated carbocycles. The lowest BCUT2D eigenvalue weighted by Gasteiger charge is -2.39. The normalized spacial score (nSPS) is 28.0. The van der Waals surface area contributed by atoms with Gasteiger partial charge in [-0.05, 0) is 44.2 Å². The SMILES string of the molecule is CC(C)NC(=O)C12CCC(C)(/C(=N\OC(=O)c3ccc(Cl)c([N+](=O)[O-])c3)C1)C2(C)C. The number of nitro benzene ring substituents is 1. The number of halogens is 1. The van der Waals surface area contributed by atoms with Crippen LogP contribution in [-0.2, 0) is 9.63 Å². The van der Waals surface area contributed by atoms with Crippen molar-refractivity contribution >= 4 is 34.9 Å². The van der Waals surface area contributed by atoms with Crippen LogP contribution in [0.4, 0.5) is 5.69 Å². The van der Waals surface area contributed by atoms with Gasteiger partial charge in [0.1, 0.15) is 5.02 Å². The molecule has 2 bridgehead atoms. The highest BCUT2D eigenvalue weighted by Gasteiger charge is 2.71. The standard InChI is InChI=1S/C21H26ClN3O5/c1-12(2)23-18(27)21-9-8-20(5,19(21,3)4)16(11-21)24-30-17(26)13-6-7-14(22)15(10-13)25(28)29/h6-7,10,12H,8-9,11H2,1-5H3,(H,23,27)/b24-16-. The van der Waals surface area contributed by atoms with Gasteiger partial charge in [-0.2, -0.15) is 0 Å². The molecule has 1 aromatic carbocycles. The highest BCUT2D eigenvalue weighted by Crippen LogP contribution is 2.71. The summed E-state index contributed by atoms with van der Waals surface area (Å²) in [5, 5.41) is 18.1. The molecular formula is C21H26ClN3O5. The molecule has 9 heteroatoms. The van der Waals surface area contributed by atoms with Crippen molar-refractivity contribution in [3.05, 3.63) is 38.9 Å². The third kappa shape index (κ3) is 3.17. The molecule has 2 unspecified atom stereocenters. The van der Waals surface area contributed by atoms with Gasteiger partial charge in [0.2, 0.25) is 5.91 Å². The lowest BCUT2D eigenvalue weighted by atomic mass is 9.64. The number of nitrogens with one attached hydrogen (secondary N) is 1. The van der Waals surface area contributed by atoms with Crippen molar-refractivity contribution in [1.82, 2.24) is 5.32 Å². The van der Waals surface area contributed by atoms with E-state index in [4.69, 9.17) is 16.4 Å². The minimum atomic E-state index is -0.813. The summed E-state index contributed by atoms with van der Waals surface area (Å²) in [7, 11) is 0. The smallest absolute Gasteiger partial charge is 0.353 e. The molecule has 1 N–H and O–H groups in total. The monoisotopic (exact) mass is 435 g/mol. The van der Waals surface area contributed by atoms with E-state index in [-0.39, 0.29) is 33.6 Å². The van der Waals surface area contributed by atoms with Gasteiger partial charge in [0.05, 0.1) is 21.6 Å². The Labute approximate surface area is 180 Å². The number of rotatable bonds is 5. The van der Waals surface area contributed by atoms with Crippen LogP contribution in [-0.4, -0.2) is 28.6 Å². The van der Waals surface area contributed by atoms with E-state index in [2.05, 4.69) is 24.3 Å². The van der Waals surface area contributed by atoms with E-state index in [1.165, 1.54) is 12.1 Å². The largest absolute Gasteiger partial charge is 0.365 e. The van der Waals surface area contributed by atoms with Crippen LogP contribution < -0.4 is 5.32 Å². The fourth-order valence-electron chi connectivity index (χ4n) is 4.85. The number of benzene rings is 1. The van der Waals surface area contributed by atoms with Crippen molar-refractivity contribution in [2.75, 3.05) is 0 Å². The summed E-state index contributed by atoms with van der Waals surface area (Å²) in [4.78, 5) is 41.1. The van der Waals surface area contributed by atoms with Crippen LogP contribution in [0.2, 0.25) is 5.02 Å². The van der Waals surface area contributed by atoms with E-state index in [0.29, 0.717) is 12.1 Å². The second-order valence-electron chi connectivity index (χ2n) is 9.18. The summed E-state index contributed by atoms with van der Waals surface area (Å²) in [6, 6.07) is 3.71. The maximum absolute atomic E-state index is 13.1. The van der Waals surface area contributed by atoms with Gasteiger partial charge in [0.15, 0.2) is 0 Å². The summed E-state index contributed by atoms with van der Waals surface area (Å²) in [5.41, 5.74) is -1.12. The average molecular weight is 436 g/mol. The molecule has 8 nitrogen and oxygen atoms in total. The van der Waals surface area contributed by atoms with E-state index in [9.17, 15) is 19.7 Å². The lowest BCUT2D eigenvalue weighted by molar-refractivity contribution is -0.384. The number of nitrogens with zero attached hydrogens (tertiary/aromatic N) is 2. The fraction of sp³-hybridized carbons (Fsp3) is 0.571. The van der Waals surface area contributed by atoms with Crippen molar-refractivity contribution in [3.8, 4) is 0 Å². The molecule has 2 aliphatic rings. The summed E-state index contributed by atoms with van der Waals surface area (Å²) in [6.45, 7) is 10.0. The summed E-state index contributed by atoms with van der Waals surface area (Å²) in [6.07, 6.45) is 1.91. The number of oxime groups is 1. The molecule has 2 fully saturated rings. The molecule has 0 radical (unpaired) electrons. The maximum Gasteiger partial charge on any atom is 0.365 e. The molecule has 3 rings (SSSR count). The first-order valence-electron chi connectivity index (χ1n) is 9.89. The average Bonchev–Trinajstić information content (AvgIpc) is 2.96. The molecule has 162 valence electrons. The van der Waals surface area contributed by atoms with Crippen LogP contribution in [0.25, 0.3) is 0 Å². The number of hydrogen-bond acceptors (Lipinski definition) is 6. The molecule has 1 amide bonds. The number of carbonyl (C=O) groups is 2. The first kappa shape index (κ1) is 22.2. The van der Waals surface area contributed by atoms with E-state index in [1.54, 1.807) is 0 Å². The van der Waals surface area contributed by atoms with Crippen LogP contribution in [0.15, 0.2) is 23.4 Å². The predicted octanol–water partition coefficient (Wildman–Crippen LogP) is 4.50. The maximum atomic E-state index is 13.1. The van der Waals surface area contributed by atoms with Gasteiger partial charge >= 0.3 is 5.97 Å². The molecular weight excluding hydrogens is 410 g/mol. The molecule has 0 heterocycles. The van der Waals surface area contributed by atoms with Gasteiger partial charge in [0, 0.05) is 23.9 Å². The molecule has 2 aliphatic carbocycles. The van der Waals surface area contributed by atoms with Crippen molar-refractivity contribution in [1.29, 1.82) is 0 Å². The Morgan fingerprint density at radius 1 is 1.27 bits per heavy atom. The Hall–Kier alpha value is -2.48. The zero-order chi connectivity index (χ0) is 22.5. The van der Waals surface area contributed by atoms with E-state index in [0.717, 1.165) is 18.9 Å². The fourth-order valence-corrected chi connectivity index (χ4v) is 5.04. The summed E-state index contributed by atoms with van der Waals surface area (Å²) in [5.74, 6) is -0.816. The zero-order valence-corrected chi connectivity index (χ0v) is 18.5. The number of nitro groups is 1. The van der Waals surface area contributed by atoms with Gasteiger partial charge in [-0.3, -0.25) is 14.9 Å². The first-order valence-corrected chi connectivity index (χ1v) is 10.3. The second kappa shape index (κ2) is 7.34. The first-order chi connectivity index (χ1) is 13.9. The minimum Gasteiger partial charge on any atom is -0.353 e. The number of amides is 1. The van der Waals surface area contributed by atoms with Crippen LogP contribution in [0.1, 0.15) is 64.2 Å². The van der Waals surface area contributed by atoms with Crippen LogP contribution in [0.3, 0.4) is 0 Å². The molecule has 2 atom stereocenters. The third-order valence-corrected chi connectivity index (χ3v) is 7.53. The van der Waals surface area contributed by atoms with Gasteiger partial charge < -0.3 is 10.2 Å². The van der Waals surface area contributed by atoms with Crippen LogP contribution >= 0.6 is 11.6 Å². The van der Waals surface area contributed by atoms with Gasteiger partial charge in [-0.1, -0.05) is 37.5 Å². The Morgan fingerprint density at radius 3 is 2.53 bits per heavy atom. The van der Waals surface area contributed by atoms with E-state index in [1.807, 2.05) is 20.8 Å². The number of carbonyl (C=O) groups excluding carboxylic acids is 2. The number of fused-ring (bicyclic) bond motifs is 2. The van der Waals surface area contributed by atoms with Crippen molar-refractivity contribution in [2.45, 2.75) is 59.9 Å². The molecule has 30 heavy (non-hydrogen) atoms. The Kier molecular flexibility index (Phi) is 5.43. The molecule has 0 saturated heterocycles. The zero-order valence-electron chi connectivity index (χ0n) is 17.7. The number of hydrogen-bond donors (Lipinski definition) is 1. The Bertz CT molecular complexity index is 958. The molecule has 0 aliphatic heterocycles. The second-order valence-corrected chi connectivity index (χ2v) is 9.59. The van der Waals surface area contributed by atoms with Gasteiger partial charge in [0.25, 0.3) is 5.69 Å². The molecule has 1 aromatic rings. The van der Waals surface area contributed by atoms with Gasteiger partial charge in [-0.15, -0.1) is 0 Å². The highest BCUT2D eigenvalue weighted by molar-refractivity contribution is 6.32. The lowest BCUT2D eigenvalue weighted by Crippen LogP contribution is -2.48. The van der Waals surface area contributed by atoms with E-state index < -0.39 is 21.7 Å². The van der Waals surface area contributed by atoms with Crippen molar-refractivity contribution < 1.29 is 19.3 Å². The Balaban J connectivity index is 1.87. The quantitative estimate of drug-likeness (QED) is 0.415. The molecule has 0 spiro atoms. The minimum absolute atomic E-state index is 0.00363. The summed E-state index contributed by atoms with van der Waals surface area (Å²) >= 11 is 5.79. The van der Waals surface area contributed by atoms with E-state index >= 15 is 0 Å². The van der Waals surface area contributed by atoms with Crippen LogP contribution in [0, 0.1) is 26.4 Å². The predicted molar refractivity (Wildman–Crippen MR) is 112 cm³/mol. The topological polar surface area (TPSA) is 111 Å².